The summed E-state index contributed by atoms with van der Waals surface area (Å²) in [4.78, 5) is 151. The molecule has 10 amide bonds. The second-order valence-electron chi connectivity index (χ2n) is 36.1. The third-order valence-corrected chi connectivity index (χ3v) is 27.1. The molecule has 5 aromatic heterocycles. The maximum atomic E-state index is 13.7. The van der Waals surface area contributed by atoms with E-state index in [9.17, 15) is 61.1 Å². The van der Waals surface area contributed by atoms with Crippen LogP contribution in [-0.4, -0.2) is 228 Å². The molecule has 0 spiro atoms. The molecule has 794 valence electrons. The van der Waals surface area contributed by atoms with E-state index < -0.39 is 17.5 Å². The van der Waals surface area contributed by atoms with Crippen molar-refractivity contribution in [1.82, 2.24) is 76.4 Å². The molecular weight excluding hydrogens is 1930 g/mol. The van der Waals surface area contributed by atoms with E-state index in [1.165, 1.54) is 62.1 Å². The van der Waals surface area contributed by atoms with Crippen molar-refractivity contribution >= 4 is 169 Å². The molecule has 5 aromatic carbocycles. The minimum Gasteiger partial charge on any atom is -0.358 e. The lowest BCUT2D eigenvalue weighted by Crippen LogP contribution is -2.35. The normalized spacial score (nSPS) is 15.2. The lowest BCUT2D eigenvalue weighted by Gasteiger charge is -2.18. The van der Waals surface area contributed by atoms with Gasteiger partial charge in [0.2, 0.25) is 0 Å². The first-order valence-electron chi connectivity index (χ1n) is 48.6. The number of likely N-dealkylation sites (N-methyl/N-ethyl adjacent to an activating group) is 3. The fraction of sp³-hybridized carbons (Fsp3) is 0.381. The van der Waals surface area contributed by atoms with Gasteiger partial charge in [-0.15, -0.1) is 0 Å². The van der Waals surface area contributed by atoms with Crippen molar-refractivity contribution in [2.45, 2.75) is 167 Å². The number of hydrogen-bond donors (Lipinski definition) is 16. The van der Waals surface area contributed by atoms with Crippen LogP contribution in [0.1, 0.15) is 262 Å². The lowest BCUT2D eigenvalue weighted by atomic mass is 10.0. The molecule has 0 saturated carbocycles. The number of anilines is 5. The summed E-state index contributed by atoms with van der Waals surface area (Å²) in [6.45, 7) is 45.0. The van der Waals surface area contributed by atoms with Crippen LogP contribution in [-0.2, 0) is 24.0 Å². The molecule has 16 N–H and O–H groups in total. The minimum absolute atomic E-state index is 0. The van der Waals surface area contributed by atoms with Gasteiger partial charge in [-0.05, 0) is 303 Å². The Morgan fingerprint density at radius 3 is 0.784 bits per heavy atom. The number of nitrogens with zero attached hydrogens (tertiary/aromatic N) is 4. The molecule has 12 heterocycles. The number of amides is 10. The number of rotatable bonds is 30. The number of H-pyrrole nitrogens is 5. The van der Waals surface area contributed by atoms with Gasteiger partial charge in [0.25, 0.3) is 59.1 Å². The largest absolute Gasteiger partial charge is 0.358 e. The Morgan fingerprint density at radius 1 is 0.324 bits per heavy atom. The Kier molecular flexibility index (Phi) is 43.6. The van der Waals surface area contributed by atoms with Crippen molar-refractivity contribution in [3.8, 4) is 0 Å². The van der Waals surface area contributed by atoms with Crippen molar-refractivity contribution in [3.63, 3.8) is 0 Å². The molecule has 0 aliphatic carbocycles. The minimum atomic E-state index is -0.406. The van der Waals surface area contributed by atoms with Crippen LogP contribution in [0.2, 0.25) is 10.0 Å². The first kappa shape index (κ1) is 119. The van der Waals surface area contributed by atoms with Gasteiger partial charge in [0.05, 0.1) is 55.7 Å². The predicted octanol–water partition coefficient (Wildman–Crippen LogP) is 19.7. The Labute approximate surface area is 877 Å². The Morgan fingerprint density at radius 2 is 0.547 bits per heavy atom. The molecule has 0 radical (unpaired) electrons. The van der Waals surface area contributed by atoms with Crippen LogP contribution >= 0.6 is 23.2 Å². The summed E-state index contributed by atoms with van der Waals surface area (Å²) in [5.41, 5.74) is 22.7. The smallest absolute Gasteiger partial charge is 0.256 e. The van der Waals surface area contributed by atoms with Crippen molar-refractivity contribution in [1.29, 1.82) is 0 Å². The highest BCUT2D eigenvalue weighted by molar-refractivity contribution is 6.39. The molecule has 30 nitrogen and oxygen atoms in total. The van der Waals surface area contributed by atoms with Crippen LogP contribution in [0, 0.1) is 86.7 Å². The molecule has 0 unspecified atom stereocenters. The molecule has 148 heavy (non-hydrogen) atoms. The van der Waals surface area contributed by atoms with Crippen LogP contribution in [0.15, 0.2) is 91.0 Å². The highest BCUT2D eigenvalue weighted by Crippen LogP contribution is 2.42. The number of fused-ring (bicyclic) bond motifs is 5. The molecule has 2 fully saturated rings. The molecular formula is C113H147Cl2F3N20O10. The number of carbonyl (C=O) groups is 10. The first-order chi connectivity index (χ1) is 68.5. The maximum absolute atomic E-state index is 13.7. The third-order valence-electron chi connectivity index (χ3n) is 26.7. The number of carbonyl (C=O) groups excluding carboxylic acids is 10. The average Bonchev–Trinajstić information content (AvgIpc) is 1.65. The fourth-order valence-corrected chi connectivity index (χ4v) is 19.2. The highest BCUT2D eigenvalue weighted by atomic mass is 35.5. The zero-order chi connectivity index (χ0) is 103. The van der Waals surface area contributed by atoms with Crippen LogP contribution in [0.25, 0.3) is 58.2 Å². The summed E-state index contributed by atoms with van der Waals surface area (Å²) in [5.74, 6) is -3.05. The monoisotopic (exact) mass is 2070 g/mol. The van der Waals surface area contributed by atoms with Gasteiger partial charge in [0.15, 0.2) is 0 Å². The van der Waals surface area contributed by atoms with E-state index in [2.05, 4.69) is 131 Å². The van der Waals surface area contributed by atoms with Gasteiger partial charge >= 0.3 is 0 Å². The molecule has 0 bridgehead atoms. The average molecular weight is 2070 g/mol. The fourth-order valence-electron chi connectivity index (χ4n) is 18.8. The maximum Gasteiger partial charge on any atom is 0.256 e. The SMILES string of the molecule is C.C.C.C.C.CCN(CC)CCNC(=O)c1c(C)[nH]c(/C=C2\C(=O)Nc3ccc(Cl)cc32)c1C.CCN(CC)CCNC(=O)c1c(C)[nH]c(/C=C2\C(=O)Nc3ccc(F)cc32)c1C.CCNCCNC(=O)c1c(C)[nH]c(/C=C2\C(=O)Nc3ccc(F)cc32)c1C.Cc1[nH]c(/C=C2\C(=O)Nc3ccc(Cl)cc32)c(C)c1C(=O)NCCN1CCCC1.Cc1[nH]c(/C=C2\C(=O)Nc3ccc(F)cc32)c(C)c1C(=O)NCCN1CCCC1. The summed E-state index contributed by atoms with van der Waals surface area (Å²) in [6.07, 6.45) is 13.5. The summed E-state index contributed by atoms with van der Waals surface area (Å²) in [6, 6.07) is 23.2. The van der Waals surface area contributed by atoms with Crippen LogP contribution in [0.5, 0.6) is 0 Å². The second kappa shape index (κ2) is 54.1. The van der Waals surface area contributed by atoms with Crippen molar-refractivity contribution in [2.75, 3.05) is 151 Å². The van der Waals surface area contributed by atoms with Crippen LogP contribution in [0.3, 0.4) is 0 Å². The summed E-state index contributed by atoms with van der Waals surface area (Å²) >= 11 is 12.2. The number of hydrogen-bond acceptors (Lipinski definition) is 15. The highest BCUT2D eigenvalue weighted by Gasteiger charge is 2.34. The molecule has 7 aliphatic rings. The molecule has 10 aromatic rings. The molecule has 0 atom stereocenters. The number of nitrogens with one attached hydrogen (secondary N) is 16. The van der Waals surface area contributed by atoms with E-state index in [-0.39, 0.29) is 96.2 Å². The lowest BCUT2D eigenvalue weighted by molar-refractivity contribution is -0.111. The molecule has 7 aliphatic heterocycles. The van der Waals surface area contributed by atoms with E-state index in [0.29, 0.717) is 156 Å². The van der Waals surface area contributed by atoms with Crippen molar-refractivity contribution in [3.05, 3.63) is 259 Å². The second-order valence-corrected chi connectivity index (χ2v) is 37.0. The van der Waals surface area contributed by atoms with E-state index in [4.69, 9.17) is 23.2 Å². The van der Waals surface area contributed by atoms with Crippen LogP contribution < -0.4 is 58.5 Å². The zero-order valence-electron chi connectivity index (χ0n) is 83.6. The summed E-state index contributed by atoms with van der Waals surface area (Å²) in [5, 5.41) is 33.1. The predicted molar refractivity (Wildman–Crippen MR) is 597 cm³/mol. The standard InChI is InChI=1S/C22H25ClN4O2.C22H27ClN4O2.C22H25FN4O2.C22H27FN4O2.C20H23FN4O2.5CH4/c1-13-19(12-17-16-11-15(23)5-6-18(16)26-21(17)28)25-14(2)20(13)22(29)24-7-10-27-8-3-4-9-27;1-5-27(6-2)10-9-24-22(29)20-13(3)19(25-14(20)4)12-17-16-11-15(23)7-8-18(16)26-21(17)28;1-13-19(12-17-16-11-15(23)5-6-18(16)26-21(17)28)25-14(2)20(13)22(29)24-7-10-27-8-3-4-9-27;1-5-27(6-2)10-9-24-22(29)20-13(3)19(25-14(20)4)12-17-16-11-15(23)7-8-18(16)26-21(17)28;1-4-22-7-8-23-20(27)18-11(2)17(24-12(18)3)10-15-14-9-13(21)5-6-16(14)25-19(15)26;;;;;/h5-6,11-12,25H,3-4,7-10H2,1-2H3,(H,24,29)(H,26,28);7-8,11-12,25H,5-6,9-10H2,1-4H3,(H,24,29)(H,26,28);5-6,11-12,25H,3-4,7-10H2,1-2H3,(H,24,29)(H,26,28);7-8,11-12,25H,5-6,9-10H2,1-4H3,(H,24,29)(H,26,28);5-6,9-10,22,24H,4,7-8H2,1-3H3,(H,23,27)(H,25,26);5*1H4/b4*17-12-;15-10-;;;;;. The Bertz CT molecular complexity index is 6110. The van der Waals surface area contributed by atoms with E-state index in [0.717, 1.165) is 175 Å². The van der Waals surface area contributed by atoms with Crippen molar-refractivity contribution < 1.29 is 61.1 Å². The van der Waals surface area contributed by atoms with Gasteiger partial charge in [0.1, 0.15) is 17.5 Å². The van der Waals surface area contributed by atoms with Gasteiger partial charge in [-0.3, -0.25) is 47.9 Å². The number of aryl methyl sites for hydroxylation is 5. The van der Waals surface area contributed by atoms with Gasteiger partial charge in [-0.2, -0.15) is 0 Å². The third kappa shape index (κ3) is 28.3. The van der Waals surface area contributed by atoms with E-state index >= 15 is 0 Å². The molecule has 17 rings (SSSR count). The number of benzene rings is 5. The first-order valence-corrected chi connectivity index (χ1v) is 49.4. The summed E-state index contributed by atoms with van der Waals surface area (Å²) in [7, 11) is 0. The zero-order valence-corrected chi connectivity index (χ0v) is 85.1. The van der Waals surface area contributed by atoms with Crippen LogP contribution in [0.4, 0.5) is 41.6 Å². The van der Waals surface area contributed by atoms with E-state index in [1.807, 2.05) is 76.2 Å². The number of halogens is 5. The Hall–Kier alpha value is -13.9. The topological polar surface area (TPSA) is 395 Å². The van der Waals surface area contributed by atoms with Crippen molar-refractivity contribution in [2.24, 2.45) is 0 Å². The Balaban J connectivity index is 0.000000224. The summed E-state index contributed by atoms with van der Waals surface area (Å²) < 4.78 is 40.9. The van der Waals surface area contributed by atoms with Gasteiger partial charge < -0.3 is 103 Å². The number of likely N-dealkylation sites (tertiary alicyclic amines) is 2. The number of aromatic amines is 5. The molecule has 2 saturated heterocycles. The molecule has 35 heteroatoms. The van der Waals surface area contributed by atoms with E-state index in [1.54, 1.807) is 85.0 Å². The van der Waals surface area contributed by atoms with Gasteiger partial charge in [-0.1, -0.05) is 95.0 Å². The quantitative estimate of drug-likeness (QED) is 0.0147. The van der Waals surface area contributed by atoms with Gasteiger partial charge in [0, 0.05) is 189 Å². The number of aromatic nitrogens is 5. The van der Waals surface area contributed by atoms with Gasteiger partial charge in [-0.25, -0.2) is 13.2 Å².